The quantitative estimate of drug-likeness (QED) is 0.122. The molecule has 9 aromatic carbocycles. The normalized spacial score (nSPS) is 12.1. The first-order chi connectivity index (χ1) is 28.8. The van der Waals surface area contributed by atoms with Crippen LogP contribution < -0.4 is 20.7 Å². The number of hydrogen-bond acceptors (Lipinski definition) is 1. The molecule has 0 unspecified atom stereocenters. The fraction of sp³-hybridized carbons (Fsp3) is 0. The fourth-order valence-electron chi connectivity index (χ4n) is 9.94. The summed E-state index contributed by atoms with van der Waals surface area (Å²) in [5.74, 6) is 0. The van der Waals surface area contributed by atoms with E-state index in [0.717, 1.165) is 27.6 Å². The maximum atomic E-state index is 6.42. The number of rotatable bonds is 6. The lowest BCUT2D eigenvalue weighted by Gasteiger charge is -2.35. The highest BCUT2D eigenvalue weighted by molar-refractivity contribution is 7.21. The minimum Gasteiger partial charge on any atom is -0.456 e. The molecular weight excluding hydrogens is 721 g/mol. The van der Waals surface area contributed by atoms with Gasteiger partial charge in [0.1, 0.15) is 11.2 Å². The van der Waals surface area contributed by atoms with Crippen LogP contribution in [0.15, 0.2) is 223 Å². The van der Waals surface area contributed by atoms with E-state index >= 15 is 0 Å². The molecular formula is C54H36N2OSi. The Bertz CT molecular complexity index is 3470. The Labute approximate surface area is 336 Å². The minimum atomic E-state index is -3.04. The Morgan fingerprint density at radius 3 is 1.55 bits per heavy atom. The molecule has 12 aromatic rings. The molecule has 3 aromatic heterocycles. The van der Waals surface area contributed by atoms with Crippen molar-refractivity contribution in [3.63, 3.8) is 0 Å². The van der Waals surface area contributed by atoms with Crippen molar-refractivity contribution in [3.05, 3.63) is 218 Å². The van der Waals surface area contributed by atoms with Crippen molar-refractivity contribution in [2.24, 2.45) is 0 Å². The third-order valence-electron chi connectivity index (χ3n) is 12.3. The Morgan fingerprint density at radius 1 is 0.328 bits per heavy atom. The standard InChI is InChI=1S/C54H36N2OSi/c1-4-18-37(19-5-1)55-45-27-13-10-25-42(45)53-47(55)29-16-30-48(53)56-46-28-14-11-26-43(46)54-49(56)31-17-33-52(54)58(38-20-6-2-7-21-38,39-22-8-3-9-23-39)40-34-35-51-44(36-40)41-24-12-15-32-50(41)57-51/h1-36H. The molecule has 0 aliphatic rings. The van der Waals surface area contributed by atoms with Crippen LogP contribution in [0.4, 0.5) is 0 Å². The smallest absolute Gasteiger partial charge is 0.180 e. The van der Waals surface area contributed by atoms with E-state index in [1.54, 1.807) is 0 Å². The Morgan fingerprint density at radius 2 is 0.845 bits per heavy atom. The lowest BCUT2D eigenvalue weighted by Crippen LogP contribution is -2.74. The van der Waals surface area contributed by atoms with Crippen LogP contribution >= 0.6 is 0 Å². The van der Waals surface area contributed by atoms with Gasteiger partial charge in [-0.05, 0) is 75.3 Å². The van der Waals surface area contributed by atoms with Crippen molar-refractivity contribution in [2.75, 3.05) is 0 Å². The number of furan rings is 1. The maximum Gasteiger partial charge on any atom is 0.180 e. The van der Waals surface area contributed by atoms with Crippen molar-refractivity contribution >= 4 is 94.4 Å². The zero-order valence-electron chi connectivity index (χ0n) is 31.6. The van der Waals surface area contributed by atoms with Crippen LogP contribution in [0.5, 0.6) is 0 Å². The average molecular weight is 757 g/mol. The van der Waals surface area contributed by atoms with Gasteiger partial charge in [-0.15, -0.1) is 0 Å². The molecule has 0 radical (unpaired) electrons. The Balaban J connectivity index is 1.24. The zero-order valence-corrected chi connectivity index (χ0v) is 32.6. The van der Waals surface area contributed by atoms with Gasteiger partial charge in [0, 0.05) is 38.0 Å². The minimum absolute atomic E-state index is 0.909. The summed E-state index contributed by atoms with van der Waals surface area (Å²) in [5, 5.41) is 12.7. The van der Waals surface area contributed by atoms with Gasteiger partial charge in [0.2, 0.25) is 0 Å². The first-order valence-corrected chi connectivity index (χ1v) is 21.9. The van der Waals surface area contributed by atoms with E-state index < -0.39 is 8.07 Å². The zero-order chi connectivity index (χ0) is 38.2. The molecule has 4 heteroatoms. The molecule has 3 heterocycles. The van der Waals surface area contributed by atoms with Crippen LogP contribution in [-0.2, 0) is 0 Å². The number of benzene rings is 9. The number of hydrogen-bond donors (Lipinski definition) is 0. The molecule has 0 aliphatic carbocycles. The summed E-state index contributed by atoms with van der Waals surface area (Å²) in [6, 6.07) is 80.3. The van der Waals surface area contributed by atoms with E-state index in [-0.39, 0.29) is 0 Å². The van der Waals surface area contributed by atoms with Crippen molar-refractivity contribution in [1.29, 1.82) is 0 Å². The summed E-state index contributed by atoms with van der Waals surface area (Å²) >= 11 is 0. The first-order valence-electron chi connectivity index (χ1n) is 19.9. The van der Waals surface area contributed by atoms with Gasteiger partial charge in [0.25, 0.3) is 0 Å². The third-order valence-corrected chi connectivity index (χ3v) is 17.1. The molecule has 0 N–H and O–H groups in total. The summed E-state index contributed by atoms with van der Waals surface area (Å²) in [6.45, 7) is 0. The first kappa shape index (κ1) is 32.8. The van der Waals surface area contributed by atoms with Gasteiger partial charge >= 0.3 is 0 Å². The van der Waals surface area contributed by atoms with Crippen molar-refractivity contribution < 1.29 is 4.42 Å². The summed E-state index contributed by atoms with van der Waals surface area (Å²) in [5.41, 5.74) is 8.91. The van der Waals surface area contributed by atoms with Crippen LogP contribution in [-0.4, -0.2) is 17.2 Å². The van der Waals surface area contributed by atoms with Crippen LogP contribution in [0.1, 0.15) is 0 Å². The third kappa shape index (κ3) is 4.61. The topological polar surface area (TPSA) is 23.0 Å². The predicted octanol–water partition coefficient (Wildman–Crippen LogP) is 11.2. The van der Waals surface area contributed by atoms with Crippen molar-refractivity contribution in [1.82, 2.24) is 9.13 Å². The Kier molecular flexibility index (Phi) is 7.25. The summed E-state index contributed by atoms with van der Waals surface area (Å²) in [6.07, 6.45) is 0. The summed E-state index contributed by atoms with van der Waals surface area (Å²) < 4.78 is 11.4. The number of aromatic nitrogens is 2. The van der Waals surface area contributed by atoms with Gasteiger partial charge in [0.05, 0.1) is 27.8 Å². The molecule has 12 rings (SSSR count). The van der Waals surface area contributed by atoms with Crippen LogP contribution in [0.25, 0.3) is 76.9 Å². The molecule has 272 valence electrons. The van der Waals surface area contributed by atoms with Crippen LogP contribution in [0.3, 0.4) is 0 Å². The lowest BCUT2D eigenvalue weighted by atomic mass is 10.1. The van der Waals surface area contributed by atoms with Gasteiger partial charge in [-0.1, -0.05) is 164 Å². The molecule has 58 heavy (non-hydrogen) atoms. The second-order valence-electron chi connectivity index (χ2n) is 15.2. The van der Waals surface area contributed by atoms with E-state index in [4.69, 9.17) is 4.42 Å². The predicted molar refractivity (Wildman–Crippen MR) is 246 cm³/mol. The van der Waals surface area contributed by atoms with Gasteiger partial charge in [-0.25, -0.2) is 0 Å². The molecule has 0 saturated heterocycles. The van der Waals surface area contributed by atoms with Crippen molar-refractivity contribution in [2.45, 2.75) is 0 Å². The number of fused-ring (bicyclic) bond motifs is 9. The van der Waals surface area contributed by atoms with E-state index in [1.807, 2.05) is 0 Å². The Hall–Kier alpha value is -7.40. The second-order valence-corrected chi connectivity index (χ2v) is 19.0. The molecule has 0 amide bonds. The van der Waals surface area contributed by atoms with Gasteiger partial charge in [-0.3, -0.25) is 0 Å². The highest BCUT2D eigenvalue weighted by Crippen LogP contribution is 2.40. The van der Waals surface area contributed by atoms with Crippen molar-refractivity contribution in [3.8, 4) is 11.4 Å². The molecule has 0 bridgehead atoms. The lowest BCUT2D eigenvalue weighted by molar-refractivity contribution is 0.669. The second kappa shape index (κ2) is 12.8. The molecule has 0 spiro atoms. The highest BCUT2D eigenvalue weighted by atomic mass is 28.3. The average Bonchev–Trinajstić information content (AvgIpc) is 3.96. The largest absolute Gasteiger partial charge is 0.456 e. The molecule has 3 nitrogen and oxygen atoms in total. The van der Waals surface area contributed by atoms with Crippen LogP contribution in [0, 0.1) is 0 Å². The molecule has 0 atom stereocenters. The van der Waals surface area contributed by atoms with E-state index in [9.17, 15) is 0 Å². The highest BCUT2D eigenvalue weighted by Gasteiger charge is 2.43. The van der Waals surface area contributed by atoms with Gasteiger partial charge in [0.15, 0.2) is 8.07 Å². The van der Waals surface area contributed by atoms with Gasteiger partial charge < -0.3 is 13.6 Å². The number of nitrogens with zero attached hydrogens (tertiary/aromatic N) is 2. The molecule has 0 aliphatic heterocycles. The van der Waals surface area contributed by atoms with E-state index in [2.05, 4.69) is 228 Å². The monoisotopic (exact) mass is 756 g/mol. The van der Waals surface area contributed by atoms with Gasteiger partial charge in [-0.2, -0.15) is 0 Å². The molecule has 0 fully saturated rings. The fourth-order valence-corrected chi connectivity index (χ4v) is 14.9. The molecule has 0 saturated carbocycles. The number of para-hydroxylation sites is 4. The summed E-state index contributed by atoms with van der Waals surface area (Å²) in [4.78, 5) is 0. The SMILES string of the molecule is c1ccc(-n2c3ccccc3c3c(-n4c5ccccc5c5c([Si](c6ccccc6)(c6ccccc6)c6ccc7oc8ccccc8c7c6)cccc54)cccc32)cc1. The van der Waals surface area contributed by atoms with E-state index in [1.165, 1.54) is 70.0 Å². The maximum absolute atomic E-state index is 6.42. The summed E-state index contributed by atoms with van der Waals surface area (Å²) in [7, 11) is -3.04. The van der Waals surface area contributed by atoms with E-state index in [0.29, 0.717) is 0 Å². The van der Waals surface area contributed by atoms with Crippen LogP contribution in [0.2, 0.25) is 0 Å².